The predicted octanol–water partition coefficient (Wildman–Crippen LogP) is 4.31. The minimum absolute atomic E-state index is 0.595. The Balaban J connectivity index is 1.30. The summed E-state index contributed by atoms with van der Waals surface area (Å²) >= 11 is 7.00. The molecule has 0 aliphatic carbocycles. The van der Waals surface area contributed by atoms with E-state index >= 15 is 0 Å². The van der Waals surface area contributed by atoms with Crippen LogP contribution in [0.25, 0.3) is 0 Å². The molecule has 0 saturated heterocycles. The third kappa shape index (κ3) is 6.93. The summed E-state index contributed by atoms with van der Waals surface area (Å²) in [5, 5.41) is 4.35. The molecule has 0 aromatic carbocycles. The molecule has 0 nitrogen and oxygen atoms in total. The summed E-state index contributed by atoms with van der Waals surface area (Å²) in [6.45, 7) is 0. The minimum atomic E-state index is 0.595. The first-order valence-corrected chi connectivity index (χ1v) is 17.4. The molecule has 0 radical (unpaired) electrons. The van der Waals surface area contributed by atoms with E-state index in [1.807, 2.05) is 34.0 Å². The molecule has 23 heavy (non-hydrogen) atoms. The Morgan fingerprint density at radius 3 is 1.70 bits per heavy atom. The van der Waals surface area contributed by atoms with Crippen LogP contribution in [-0.4, -0.2) is 39.2 Å². The number of hydrogen-bond donors (Lipinski definition) is 0. The second kappa shape index (κ2) is 10.7. The van der Waals surface area contributed by atoms with Gasteiger partial charge < -0.3 is 0 Å². The maximum atomic E-state index is 2.36. The zero-order chi connectivity index (χ0) is 15.7. The molecule has 0 atom stereocenters. The quantitative estimate of drug-likeness (QED) is 0.285. The van der Waals surface area contributed by atoms with E-state index in [1.165, 1.54) is 34.1 Å². The first-order valence-electron chi connectivity index (χ1n) is 7.14. The Labute approximate surface area is 169 Å². The fourth-order valence-electron chi connectivity index (χ4n) is 1.79. The molecular formula is C16H16S5Se2. The standard InChI is InChI=1S/C16H16S5Se2/c1-3-13(17-9-1)7-11-19-22-15-5-6-16(21-15)23-20-12-8-14-4-2-10-18-14/h1-6,9-10H,7-8,11-12H2. The third-order valence-electron chi connectivity index (χ3n) is 2.86. The molecule has 3 heterocycles. The first-order chi connectivity index (χ1) is 11.4. The second-order valence-electron chi connectivity index (χ2n) is 4.54. The molecule has 0 N–H and O–H groups in total. The monoisotopic (exact) mass is 528 g/mol. The van der Waals surface area contributed by atoms with Crippen molar-refractivity contribution in [2.75, 3.05) is 11.5 Å². The Hall–Kier alpha value is 0.839. The van der Waals surface area contributed by atoms with Crippen molar-refractivity contribution in [2.45, 2.75) is 12.8 Å². The van der Waals surface area contributed by atoms with Gasteiger partial charge in [-0.15, -0.1) is 0 Å². The van der Waals surface area contributed by atoms with Gasteiger partial charge in [-0.05, 0) is 0 Å². The van der Waals surface area contributed by atoms with Crippen molar-refractivity contribution in [3.8, 4) is 0 Å². The molecule has 0 fully saturated rings. The van der Waals surface area contributed by atoms with Gasteiger partial charge in [0.1, 0.15) is 0 Å². The summed E-state index contributed by atoms with van der Waals surface area (Å²) < 4.78 is 3.20. The predicted molar refractivity (Wildman–Crippen MR) is 116 cm³/mol. The van der Waals surface area contributed by atoms with Gasteiger partial charge in [0.2, 0.25) is 0 Å². The van der Waals surface area contributed by atoms with E-state index in [2.05, 4.69) is 67.5 Å². The number of aryl methyl sites for hydroxylation is 2. The fourth-order valence-corrected chi connectivity index (χ4v) is 14.6. The van der Waals surface area contributed by atoms with Gasteiger partial charge >= 0.3 is 171 Å². The maximum absolute atomic E-state index is 2.36. The Morgan fingerprint density at radius 2 is 1.26 bits per heavy atom. The van der Waals surface area contributed by atoms with Gasteiger partial charge in [0.05, 0.1) is 0 Å². The van der Waals surface area contributed by atoms with Gasteiger partial charge in [0.25, 0.3) is 0 Å². The summed E-state index contributed by atoms with van der Waals surface area (Å²) in [7, 11) is 4.25. The van der Waals surface area contributed by atoms with E-state index in [1.54, 1.807) is 7.55 Å². The van der Waals surface area contributed by atoms with Crippen LogP contribution in [0, 0.1) is 0 Å². The van der Waals surface area contributed by atoms with Crippen molar-refractivity contribution in [1.82, 2.24) is 0 Å². The van der Waals surface area contributed by atoms with Gasteiger partial charge in [-0.2, -0.15) is 0 Å². The Bertz CT molecular complexity index is 604. The van der Waals surface area contributed by atoms with Gasteiger partial charge in [0, 0.05) is 0 Å². The van der Waals surface area contributed by atoms with Crippen LogP contribution < -0.4 is 7.55 Å². The van der Waals surface area contributed by atoms with E-state index in [0.29, 0.717) is 27.7 Å². The van der Waals surface area contributed by atoms with E-state index < -0.39 is 0 Å². The summed E-state index contributed by atoms with van der Waals surface area (Å²) in [6.07, 6.45) is 2.45. The second-order valence-corrected chi connectivity index (χ2v) is 17.4. The number of rotatable bonds is 10. The molecule has 0 aliphatic heterocycles. The average Bonchev–Trinajstić information content (AvgIpc) is 3.31. The normalized spacial score (nSPS) is 11.1. The summed E-state index contributed by atoms with van der Waals surface area (Å²) in [5.41, 5.74) is 0. The van der Waals surface area contributed by atoms with Crippen molar-refractivity contribution in [2.24, 2.45) is 0 Å². The van der Waals surface area contributed by atoms with Crippen molar-refractivity contribution in [3.05, 3.63) is 56.9 Å². The Morgan fingerprint density at radius 1 is 0.739 bits per heavy atom. The molecule has 0 bridgehead atoms. The van der Waals surface area contributed by atoms with Crippen molar-refractivity contribution < 1.29 is 0 Å². The molecule has 0 amide bonds. The molecular weight excluding hydrogens is 510 g/mol. The Kier molecular flexibility index (Phi) is 8.70. The summed E-state index contributed by atoms with van der Waals surface area (Å²) in [5.74, 6) is 2.52. The van der Waals surface area contributed by atoms with Crippen molar-refractivity contribution in [3.63, 3.8) is 0 Å². The molecule has 122 valence electrons. The fraction of sp³-hybridized carbons (Fsp3) is 0.250. The van der Waals surface area contributed by atoms with Crippen LogP contribution in [-0.2, 0) is 12.8 Å². The van der Waals surface area contributed by atoms with Crippen LogP contribution in [0.1, 0.15) is 9.75 Å². The van der Waals surface area contributed by atoms with Crippen LogP contribution in [0.2, 0.25) is 0 Å². The van der Waals surface area contributed by atoms with E-state index in [-0.39, 0.29) is 0 Å². The molecule has 3 aromatic rings. The van der Waals surface area contributed by atoms with E-state index in [9.17, 15) is 0 Å². The van der Waals surface area contributed by atoms with E-state index in [0.717, 1.165) is 0 Å². The van der Waals surface area contributed by atoms with Gasteiger partial charge in [-0.1, -0.05) is 0 Å². The van der Waals surface area contributed by atoms with Gasteiger partial charge in [-0.25, -0.2) is 0 Å². The molecule has 3 aromatic heterocycles. The van der Waals surface area contributed by atoms with E-state index in [4.69, 9.17) is 0 Å². The van der Waals surface area contributed by atoms with Crippen LogP contribution in [0.3, 0.4) is 0 Å². The summed E-state index contributed by atoms with van der Waals surface area (Å²) in [6, 6.07) is 13.5. The topological polar surface area (TPSA) is 0 Å². The van der Waals surface area contributed by atoms with Gasteiger partial charge in [-0.3, -0.25) is 0 Å². The van der Waals surface area contributed by atoms with Crippen LogP contribution in [0.5, 0.6) is 0 Å². The average molecular weight is 527 g/mol. The summed E-state index contributed by atoms with van der Waals surface area (Å²) in [4.78, 5) is 3.04. The number of thiophene rings is 3. The zero-order valence-corrected chi connectivity index (χ0v) is 19.8. The van der Waals surface area contributed by atoms with Crippen LogP contribution >= 0.6 is 54.4 Å². The number of hydrogen-bond acceptors (Lipinski definition) is 5. The third-order valence-corrected chi connectivity index (χ3v) is 16.1. The molecule has 0 spiro atoms. The molecule has 7 heteroatoms. The van der Waals surface area contributed by atoms with Crippen LogP contribution in [0.4, 0.5) is 0 Å². The SMILES string of the molecule is c1csc(CCS[Se]c2ccc([Se]SCCc3cccs3)s2)c1. The van der Waals surface area contributed by atoms with Crippen molar-refractivity contribution >= 4 is 89.6 Å². The zero-order valence-electron chi connectivity index (χ0n) is 12.3. The molecule has 0 unspecified atom stereocenters. The molecule has 3 rings (SSSR count). The molecule has 0 saturated carbocycles. The van der Waals surface area contributed by atoms with Crippen molar-refractivity contribution in [1.29, 1.82) is 0 Å². The van der Waals surface area contributed by atoms with Crippen LogP contribution in [0.15, 0.2) is 47.2 Å². The molecule has 0 aliphatic rings. The first kappa shape index (κ1) is 18.6. The van der Waals surface area contributed by atoms with Gasteiger partial charge in [0.15, 0.2) is 0 Å².